The summed E-state index contributed by atoms with van der Waals surface area (Å²) in [6, 6.07) is 0.295. The molecular formula is C9H19N2O+. The second kappa shape index (κ2) is 4.45. The molecule has 0 saturated carbocycles. The Morgan fingerprint density at radius 2 is 2.42 bits per heavy atom. The number of hydrogen-bond donors (Lipinski definition) is 2. The van der Waals surface area contributed by atoms with E-state index in [2.05, 4.69) is 18.0 Å². The molecule has 0 aliphatic carbocycles. The van der Waals surface area contributed by atoms with Crippen LogP contribution < -0.4 is 11.1 Å². The lowest BCUT2D eigenvalue weighted by Gasteiger charge is -2.16. The molecule has 3 nitrogen and oxygen atoms in total. The van der Waals surface area contributed by atoms with Crippen LogP contribution in [0.25, 0.3) is 0 Å². The zero-order chi connectivity index (χ0) is 8.97. The van der Waals surface area contributed by atoms with E-state index in [1.807, 2.05) is 0 Å². The minimum Gasteiger partial charge on any atom is -0.356 e. The van der Waals surface area contributed by atoms with Gasteiger partial charge < -0.3 is 11.1 Å². The lowest BCUT2D eigenvalue weighted by molar-refractivity contribution is -0.430. The zero-order valence-corrected chi connectivity index (χ0v) is 7.81. The minimum absolute atomic E-state index is 0.164. The minimum atomic E-state index is 0.164. The molecule has 12 heavy (non-hydrogen) atoms. The van der Waals surface area contributed by atoms with Crippen molar-refractivity contribution in [1.82, 2.24) is 5.32 Å². The Hall–Kier alpha value is -0.570. The topological polar surface area (TPSA) is 56.7 Å². The SMILES string of the molecule is CC[C@H]([NH3+])[C@H]1CCCCNC1=O. The fourth-order valence-corrected chi connectivity index (χ4v) is 1.70. The Kier molecular flexibility index (Phi) is 3.53. The Morgan fingerprint density at radius 3 is 3.08 bits per heavy atom. The first-order valence-electron chi connectivity index (χ1n) is 4.86. The third-order valence-corrected chi connectivity index (χ3v) is 2.67. The monoisotopic (exact) mass is 171 g/mol. The van der Waals surface area contributed by atoms with Crippen molar-refractivity contribution in [2.45, 2.75) is 38.6 Å². The predicted octanol–water partition coefficient (Wildman–Crippen LogP) is -0.0768. The summed E-state index contributed by atoms with van der Waals surface area (Å²) in [5, 5.41) is 2.93. The van der Waals surface area contributed by atoms with Crippen molar-refractivity contribution < 1.29 is 10.5 Å². The average Bonchev–Trinajstić information content (AvgIpc) is 2.28. The average molecular weight is 171 g/mol. The quantitative estimate of drug-likeness (QED) is 0.600. The molecule has 0 aromatic rings. The van der Waals surface area contributed by atoms with E-state index in [0.717, 1.165) is 32.2 Å². The van der Waals surface area contributed by atoms with Crippen molar-refractivity contribution in [2.24, 2.45) is 5.92 Å². The maximum Gasteiger partial charge on any atom is 0.229 e. The van der Waals surface area contributed by atoms with Crippen molar-refractivity contribution in [2.75, 3.05) is 6.54 Å². The van der Waals surface area contributed by atoms with Crippen molar-refractivity contribution in [3.63, 3.8) is 0 Å². The van der Waals surface area contributed by atoms with Crippen LogP contribution in [0.3, 0.4) is 0 Å². The molecule has 0 unspecified atom stereocenters. The van der Waals surface area contributed by atoms with Gasteiger partial charge in [0.05, 0.1) is 12.0 Å². The molecule has 0 aromatic carbocycles. The van der Waals surface area contributed by atoms with Gasteiger partial charge in [0.15, 0.2) is 0 Å². The van der Waals surface area contributed by atoms with Gasteiger partial charge in [-0.15, -0.1) is 0 Å². The van der Waals surface area contributed by atoms with Crippen LogP contribution in [0.5, 0.6) is 0 Å². The van der Waals surface area contributed by atoms with E-state index in [1.54, 1.807) is 0 Å². The number of nitrogens with one attached hydrogen (secondary N) is 1. The molecule has 1 fully saturated rings. The molecule has 0 bridgehead atoms. The largest absolute Gasteiger partial charge is 0.356 e. The molecule has 1 saturated heterocycles. The molecule has 70 valence electrons. The fraction of sp³-hybridized carbons (Fsp3) is 0.889. The molecular weight excluding hydrogens is 152 g/mol. The van der Waals surface area contributed by atoms with Crippen LogP contribution >= 0.6 is 0 Å². The van der Waals surface area contributed by atoms with Crippen molar-refractivity contribution in [1.29, 1.82) is 0 Å². The van der Waals surface area contributed by atoms with Gasteiger partial charge in [-0.1, -0.05) is 13.3 Å². The number of quaternary nitrogens is 1. The van der Waals surface area contributed by atoms with Gasteiger partial charge >= 0.3 is 0 Å². The summed E-state index contributed by atoms with van der Waals surface area (Å²) in [6.07, 6.45) is 4.31. The fourth-order valence-electron chi connectivity index (χ4n) is 1.70. The summed E-state index contributed by atoms with van der Waals surface area (Å²) < 4.78 is 0. The van der Waals surface area contributed by atoms with Crippen LogP contribution in [0.4, 0.5) is 0 Å². The molecule has 1 rings (SSSR count). The Balaban J connectivity index is 2.52. The first-order chi connectivity index (χ1) is 5.75. The Bertz CT molecular complexity index is 159. The van der Waals surface area contributed by atoms with E-state index in [9.17, 15) is 4.79 Å². The van der Waals surface area contributed by atoms with Crippen molar-refractivity contribution >= 4 is 5.91 Å². The number of carbonyl (C=O) groups is 1. The Morgan fingerprint density at radius 1 is 1.67 bits per heavy atom. The van der Waals surface area contributed by atoms with Gasteiger partial charge in [0.25, 0.3) is 0 Å². The highest BCUT2D eigenvalue weighted by molar-refractivity contribution is 5.79. The highest BCUT2D eigenvalue weighted by Crippen LogP contribution is 2.15. The molecule has 3 heteroatoms. The third-order valence-electron chi connectivity index (χ3n) is 2.67. The standard InChI is InChI=1S/C9H18N2O/c1-2-8(10)7-5-3-4-6-11-9(7)12/h7-8H,2-6,10H2,1H3,(H,11,12)/p+1/t7-,8+/m1/s1. The summed E-state index contributed by atoms with van der Waals surface area (Å²) in [4.78, 5) is 11.5. The molecule has 0 aromatic heterocycles. The second-order valence-corrected chi connectivity index (χ2v) is 3.56. The van der Waals surface area contributed by atoms with Crippen LogP contribution in [0.15, 0.2) is 0 Å². The van der Waals surface area contributed by atoms with Gasteiger partial charge in [-0.25, -0.2) is 0 Å². The second-order valence-electron chi connectivity index (χ2n) is 3.56. The maximum absolute atomic E-state index is 11.5. The van der Waals surface area contributed by atoms with Crippen molar-refractivity contribution in [3.8, 4) is 0 Å². The van der Waals surface area contributed by atoms with Crippen LogP contribution in [-0.2, 0) is 4.79 Å². The number of hydrogen-bond acceptors (Lipinski definition) is 1. The maximum atomic E-state index is 11.5. The van der Waals surface area contributed by atoms with Gasteiger partial charge in [-0.05, 0) is 19.3 Å². The molecule has 4 N–H and O–H groups in total. The van der Waals surface area contributed by atoms with Gasteiger partial charge in [-0.3, -0.25) is 4.79 Å². The van der Waals surface area contributed by atoms with E-state index in [4.69, 9.17) is 0 Å². The smallest absolute Gasteiger partial charge is 0.229 e. The lowest BCUT2D eigenvalue weighted by atomic mass is 9.93. The first-order valence-corrected chi connectivity index (χ1v) is 4.86. The van der Waals surface area contributed by atoms with E-state index in [0.29, 0.717) is 6.04 Å². The number of carbonyl (C=O) groups excluding carboxylic acids is 1. The molecule has 1 aliphatic rings. The lowest BCUT2D eigenvalue weighted by Crippen LogP contribution is -2.66. The molecule has 0 radical (unpaired) electrons. The molecule has 1 heterocycles. The summed E-state index contributed by atoms with van der Waals surface area (Å²) in [6.45, 7) is 2.95. The van der Waals surface area contributed by atoms with Crippen LogP contribution in [0.2, 0.25) is 0 Å². The summed E-state index contributed by atoms with van der Waals surface area (Å²) in [5.74, 6) is 0.381. The normalized spacial score (nSPS) is 27.5. The van der Waals surface area contributed by atoms with E-state index < -0.39 is 0 Å². The van der Waals surface area contributed by atoms with Gasteiger partial charge in [0.2, 0.25) is 5.91 Å². The van der Waals surface area contributed by atoms with Crippen molar-refractivity contribution in [3.05, 3.63) is 0 Å². The predicted molar refractivity (Wildman–Crippen MR) is 47.3 cm³/mol. The molecule has 0 spiro atoms. The van der Waals surface area contributed by atoms with Crippen LogP contribution in [0.1, 0.15) is 32.6 Å². The summed E-state index contributed by atoms with van der Waals surface area (Å²) in [5.41, 5.74) is 4.01. The third kappa shape index (κ3) is 2.21. The Labute approximate surface area is 73.7 Å². The molecule has 1 aliphatic heterocycles. The van der Waals surface area contributed by atoms with Gasteiger partial charge in [0, 0.05) is 6.54 Å². The first kappa shape index (κ1) is 9.52. The van der Waals surface area contributed by atoms with Crippen LogP contribution in [-0.4, -0.2) is 18.5 Å². The number of rotatable bonds is 2. The van der Waals surface area contributed by atoms with Gasteiger partial charge in [-0.2, -0.15) is 0 Å². The van der Waals surface area contributed by atoms with Crippen LogP contribution in [0, 0.1) is 5.92 Å². The van der Waals surface area contributed by atoms with Gasteiger partial charge in [0.1, 0.15) is 0 Å². The zero-order valence-electron chi connectivity index (χ0n) is 7.81. The summed E-state index contributed by atoms with van der Waals surface area (Å²) in [7, 11) is 0. The highest BCUT2D eigenvalue weighted by atomic mass is 16.1. The van der Waals surface area contributed by atoms with E-state index >= 15 is 0 Å². The summed E-state index contributed by atoms with van der Waals surface area (Å²) >= 11 is 0. The molecule has 2 atom stereocenters. The molecule has 1 amide bonds. The number of amides is 1. The van der Waals surface area contributed by atoms with E-state index in [-0.39, 0.29) is 11.8 Å². The highest BCUT2D eigenvalue weighted by Gasteiger charge is 2.27. The van der Waals surface area contributed by atoms with E-state index in [1.165, 1.54) is 0 Å².